The van der Waals surface area contributed by atoms with Crippen molar-refractivity contribution in [3.05, 3.63) is 45.5 Å². The largest absolute Gasteiger partial charge is 0.490 e. The van der Waals surface area contributed by atoms with Crippen LogP contribution >= 0.6 is 11.8 Å². The third-order valence-electron chi connectivity index (χ3n) is 3.61. The van der Waals surface area contributed by atoms with Crippen LogP contribution in [0.4, 0.5) is 5.69 Å². The number of hydrogen-bond acceptors (Lipinski definition) is 6. The molecular formula is C16H21N3O4S. The molecule has 0 atom stereocenters. The lowest BCUT2D eigenvalue weighted by molar-refractivity contribution is -0.385. The van der Waals surface area contributed by atoms with E-state index >= 15 is 0 Å². The fourth-order valence-corrected chi connectivity index (χ4v) is 3.13. The molecule has 130 valence electrons. The molecule has 1 heterocycles. The predicted molar refractivity (Wildman–Crippen MR) is 94.4 cm³/mol. The Balaban J connectivity index is 1.77. The maximum absolute atomic E-state index is 11.8. The molecule has 0 saturated carbocycles. The van der Waals surface area contributed by atoms with Gasteiger partial charge in [-0.1, -0.05) is 17.7 Å². The topological polar surface area (TPSA) is 93.5 Å². The van der Waals surface area contributed by atoms with E-state index in [1.54, 1.807) is 12.1 Å². The average Bonchev–Trinajstić information content (AvgIpc) is 2.60. The van der Waals surface area contributed by atoms with Gasteiger partial charge < -0.3 is 15.4 Å². The summed E-state index contributed by atoms with van der Waals surface area (Å²) in [4.78, 5) is 22.4. The van der Waals surface area contributed by atoms with Crippen molar-refractivity contribution in [1.29, 1.82) is 0 Å². The van der Waals surface area contributed by atoms with Gasteiger partial charge in [-0.05, 0) is 24.6 Å². The molecule has 0 fully saturated rings. The van der Waals surface area contributed by atoms with Crippen molar-refractivity contribution in [1.82, 2.24) is 10.6 Å². The summed E-state index contributed by atoms with van der Waals surface area (Å²) >= 11 is 1.43. The Morgan fingerprint density at radius 1 is 1.50 bits per heavy atom. The Hall–Kier alpha value is -2.06. The highest BCUT2D eigenvalue weighted by atomic mass is 32.2. The Morgan fingerprint density at radius 3 is 3.00 bits per heavy atom. The van der Waals surface area contributed by atoms with Gasteiger partial charge in [-0.3, -0.25) is 14.9 Å². The van der Waals surface area contributed by atoms with Crippen molar-refractivity contribution in [2.75, 3.05) is 32.5 Å². The van der Waals surface area contributed by atoms with Crippen LogP contribution in [0.1, 0.15) is 12.0 Å². The van der Waals surface area contributed by atoms with E-state index in [4.69, 9.17) is 4.74 Å². The first-order valence-corrected chi connectivity index (χ1v) is 8.80. The molecule has 1 aliphatic rings. The maximum Gasteiger partial charge on any atom is 0.311 e. The molecule has 8 heteroatoms. The average molecular weight is 351 g/mol. The number of carbonyl (C=O) groups excluding carboxylic acids is 1. The number of amides is 1. The first-order chi connectivity index (χ1) is 11.6. The summed E-state index contributed by atoms with van der Waals surface area (Å²) in [5.74, 6) is 1.07. The smallest absolute Gasteiger partial charge is 0.311 e. The number of nitro benzene ring substituents is 1. The zero-order valence-electron chi connectivity index (χ0n) is 13.5. The zero-order valence-corrected chi connectivity index (χ0v) is 14.4. The van der Waals surface area contributed by atoms with Gasteiger partial charge in [0.15, 0.2) is 5.75 Å². The number of carbonyl (C=O) groups is 1. The Kier molecular flexibility index (Phi) is 7.07. The number of nitrogens with zero attached hydrogens (tertiary/aromatic N) is 1. The summed E-state index contributed by atoms with van der Waals surface area (Å²) in [5, 5.41) is 17.1. The van der Waals surface area contributed by atoms with Crippen LogP contribution < -0.4 is 15.4 Å². The minimum absolute atomic E-state index is 0.0255. The van der Waals surface area contributed by atoms with Crippen LogP contribution in [0.2, 0.25) is 0 Å². The third-order valence-corrected chi connectivity index (χ3v) is 4.62. The fourth-order valence-electron chi connectivity index (χ4n) is 2.32. The molecule has 0 spiro atoms. The molecule has 1 amide bonds. The van der Waals surface area contributed by atoms with E-state index in [9.17, 15) is 14.9 Å². The Morgan fingerprint density at radius 2 is 2.33 bits per heavy atom. The van der Waals surface area contributed by atoms with Gasteiger partial charge in [0.05, 0.1) is 17.8 Å². The third kappa shape index (κ3) is 5.54. The predicted octanol–water partition coefficient (Wildman–Crippen LogP) is 1.87. The van der Waals surface area contributed by atoms with E-state index in [0.29, 0.717) is 18.1 Å². The molecule has 0 unspecified atom stereocenters. The van der Waals surface area contributed by atoms with Gasteiger partial charge in [0.1, 0.15) is 0 Å². The highest BCUT2D eigenvalue weighted by Crippen LogP contribution is 2.28. The quantitative estimate of drug-likeness (QED) is 0.422. The molecule has 7 nitrogen and oxygen atoms in total. The van der Waals surface area contributed by atoms with Gasteiger partial charge in [-0.25, -0.2) is 0 Å². The van der Waals surface area contributed by atoms with Crippen molar-refractivity contribution in [3.8, 4) is 5.75 Å². The van der Waals surface area contributed by atoms with Crippen LogP contribution in [-0.4, -0.2) is 43.3 Å². The zero-order chi connectivity index (χ0) is 17.4. The van der Waals surface area contributed by atoms with E-state index in [2.05, 4.69) is 16.7 Å². The summed E-state index contributed by atoms with van der Waals surface area (Å²) in [7, 11) is 1.40. The lowest BCUT2D eigenvalue weighted by atomic mass is 10.1. The molecule has 1 aromatic carbocycles. The minimum atomic E-state index is -0.466. The number of nitrogens with one attached hydrogen (secondary N) is 2. The van der Waals surface area contributed by atoms with Crippen molar-refractivity contribution in [2.45, 2.75) is 12.2 Å². The molecule has 2 N–H and O–H groups in total. The second-order valence-corrected chi connectivity index (χ2v) is 6.33. The summed E-state index contributed by atoms with van der Waals surface area (Å²) in [5.41, 5.74) is 1.98. The number of ether oxygens (including phenoxy) is 1. The van der Waals surface area contributed by atoms with Crippen LogP contribution in [-0.2, 0) is 10.5 Å². The molecular weight excluding hydrogens is 330 g/mol. The molecule has 0 aliphatic carbocycles. The van der Waals surface area contributed by atoms with Gasteiger partial charge in [0.2, 0.25) is 5.91 Å². The van der Waals surface area contributed by atoms with Crippen LogP contribution in [0, 0.1) is 10.1 Å². The second kappa shape index (κ2) is 9.29. The summed E-state index contributed by atoms with van der Waals surface area (Å²) < 4.78 is 4.97. The standard InChI is InChI=1S/C16H21N3O4S/c1-23-15-3-2-13(8-14(15)19(21)22)10-24-11-16(20)18-9-12-4-6-17-7-5-12/h2-4,8,17H,5-7,9-11H2,1H3,(H,18,20). The van der Waals surface area contributed by atoms with Crippen LogP contribution in [0.3, 0.4) is 0 Å². The molecule has 1 aliphatic heterocycles. The first-order valence-electron chi connectivity index (χ1n) is 7.64. The van der Waals surface area contributed by atoms with Crippen molar-refractivity contribution < 1.29 is 14.5 Å². The van der Waals surface area contributed by atoms with Crippen molar-refractivity contribution in [2.24, 2.45) is 0 Å². The highest BCUT2D eigenvalue weighted by molar-refractivity contribution is 7.99. The van der Waals surface area contributed by atoms with E-state index in [-0.39, 0.29) is 17.3 Å². The van der Waals surface area contributed by atoms with Gasteiger partial charge in [-0.2, -0.15) is 0 Å². The van der Waals surface area contributed by atoms with Crippen LogP contribution in [0.5, 0.6) is 5.75 Å². The number of thioether (sulfide) groups is 1. The normalized spacial score (nSPS) is 14.0. The number of rotatable bonds is 8. The second-order valence-electron chi connectivity index (χ2n) is 5.35. The van der Waals surface area contributed by atoms with Gasteiger partial charge >= 0.3 is 5.69 Å². The number of hydrogen-bond donors (Lipinski definition) is 2. The summed E-state index contributed by atoms with van der Waals surface area (Å²) in [6.45, 7) is 2.40. The van der Waals surface area contributed by atoms with Crippen molar-refractivity contribution >= 4 is 23.4 Å². The van der Waals surface area contributed by atoms with E-state index in [1.807, 2.05) is 0 Å². The van der Waals surface area contributed by atoms with Crippen LogP contribution in [0.15, 0.2) is 29.8 Å². The molecule has 0 bridgehead atoms. The molecule has 0 saturated heterocycles. The number of benzene rings is 1. The molecule has 24 heavy (non-hydrogen) atoms. The van der Waals surface area contributed by atoms with Gasteiger partial charge in [-0.15, -0.1) is 11.8 Å². The van der Waals surface area contributed by atoms with Crippen LogP contribution in [0.25, 0.3) is 0 Å². The van der Waals surface area contributed by atoms with E-state index < -0.39 is 4.92 Å². The molecule has 0 aromatic heterocycles. The lowest BCUT2D eigenvalue weighted by Crippen LogP contribution is -2.30. The number of nitro groups is 1. The maximum atomic E-state index is 11.8. The first kappa shape index (κ1) is 18.3. The van der Waals surface area contributed by atoms with Crippen molar-refractivity contribution in [3.63, 3.8) is 0 Å². The fraction of sp³-hybridized carbons (Fsp3) is 0.438. The number of methoxy groups -OCH3 is 1. The monoisotopic (exact) mass is 351 g/mol. The molecule has 1 aromatic rings. The highest BCUT2D eigenvalue weighted by Gasteiger charge is 2.15. The Labute approximate surface area is 145 Å². The minimum Gasteiger partial charge on any atom is -0.490 e. The Bertz CT molecular complexity index is 634. The summed E-state index contributed by atoms with van der Waals surface area (Å²) in [6.07, 6.45) is 3.07. The summed E-state index contributed by atoms with van der Waals surface area (Å²) in [6, 6.07) is 4.85. The van der Waals surface area contributed by atoms with Gasteiger partial charge in [0, 0.05) is 24.9 Å². The SMILES string of the molecule is COc1ccc(CSCC(=O)NCC2=CCNCC2)cc1[N+](=O)[O-]. The lowest BCUT2D eigenvalue weighted by Gasteiger charge is -2.14. The molecule has 0 radical (unpaired) electrons. The molecule has 2 rings (SSSR count). The van der Waals surface area contributed by atoms with Gasteiger partial charge in [0.25, 0.3) is 0 Å². The van der Waals surface area contributed by atoms with E-state index in [1.165, 1.54) is 30.5 Å². The van der Waals surface area contributed by atoms with E-state index in [0.717, 1.165) is 25.1 Å².